The number of imidazole rings is 1. The molecule has 0 aliphatic carbocycles. The van der Waals surface area contributed by atoms with E-state index in [2.05, 4.69) is 16.5 Å². The molecular weight excluding hydrogens is 228 g/mol. The van der Waals surface area contributed by atoms with Crippen LogP contribution >= 0.6 is 0 Å². The van der Waals surface area contributed by atoms with E-state index in [9.17, 15) is 0 Å². The van der Waals surface area contributed by atoms with Crippen molar-refractivity contribution in [2.45, 2.75) is 27.0 Å². The van der Waals surface area contributed by atoms with E-state index < -0.39 is 0 Å². The van der Waals surface area contributed by atoms with Gasteiger partial charge >= 0.3 is 0 Å². The molecule has 18 heavy (non-hydrogen) atoms. The molecule has 2 rings (SSSR count). The zero-order valence-corrected chi connectivity index (χ0v) is 11.0. The number of benzene rings is 1. The normalized spacial score (nSPS) is 10.4. The molecular formula is C14H18N2O2. The van der Waals surface area contributed by atoms with Gasteiger partial charge in [-0.25, -0.2) is 4.98 Å². The molecule has 96 valence electrons. The largest absolute Gasteiger partial charge is 0.497 e. The molecule has 0 unspecified atom stereocenters. The van der Waals surface area contributed by atoms with Gasteiger partial charge in [0.1, 0.15) is 23.9 Å². The molecule has 1 heterocycles. The van der Waals surface area contributed by atoms with Crippen LogP contribution in [0.5, 0.6) is 11.5 Å². The predicted octanol–water partition coefficient (Wildman–Crippen LogP) is 2.80. The van der Waals surface area contributed by atoms with E-state index in [1.54, 1.807) is 7.11 Å². The highest BCUT2D eigenvalue weighted by molar-refractivity contribution is 5.32. The fourth-order valence-corrected chi connectivity index (χ4v) is 1.82. The molecule has 0 saturated heterocycles. The molecule has 0 amide bonds. The number of rotatable bonds is 5. The van der Waals surface area contributed by atoms with Crippen molar-refractivity contribution in [1.82, 2.24) is 9.55 Å². The fourth-order valence-electron chi connectivity index (χ4n) is 1.82. The first-order valence-corrected chi connectivity index (χ1v) is 6.02. The van der Waals surface area contributed by atoms with Crippen molar-refractivity contribution < 1.29 is 9.47 Å². The third kappa shape index (κ3) is 2.83. The molecule has 0 saturated carbocycles. The van der Waals surface area contributed by atoms with E-state index in [-0.39, 0.29) is 0 Å². The topological polar surface area (TPSA) is 36.3 Å². The van der Waals surface area contributed by atoms with Gasteiger partial charge in [-0.15, -0.1) is 0 Å². The quantitative estimate of drug-likeness (QED) is 0.814. The molecule has 0 aliphatic heterocycles. The van der Waals surface area contributed by atoms with E-state index >= 15 is 0 Å². The summed E-state index contributed by atoms with van der Waals surface area (Å²) in [4.78, 5) is 4.45. The highest BCUT2D eigenvalue weighted by atomic mass is 16.5. The van der Waals surface area contributed by atoms with Crippen molar-refractivity contribution in [2.75, 3.05) is 7.11 Å². The number of nitrogens with zero attached hydrogens (tertiary/aromatic N) is 2. The van der Waals surface area contributed by atoms with Gasteiger partial charge in [0.15, 0.2) is 0 Å². The fraction of sp³-hybridized carbons (Fsp3) is 0.357. The Morgan fingerprint density at radius 1 is 1.28 bits per heavy atom. The first-order valence-electron chi connectivity index (χ1n) is 6.02. The summed E-state index contributed by atoms with van der Waals surface area (Å²) in [7, 11) is 1.65. The van der Waals surface area contributed by atoms with Gasteiger partial charge < -0.3 is 14.0 Å². The third-order valence-electron chi connectivity index (χ3n) is 2.73. The highest BCUT2D eigenvalue weighted by Gasteiger charge is 2.05. The first-order chi connectivity index (χ1) is 8.72. The standard InChI is InChI=1S/C14H18N2O2/c1-4-16-9-11(2)15-14(16)10-18-13-7-5-6-12(8-13)17-3/h5-9H,4,10H2,1-3H3. The number of hydrogen-bond donors (Lipinski definition) is 0. The Labute approximate surface area is 107 Å². The Kier molecular flexibility index (Phi) is 3.87. The molecule has 0 atom stereocenters. The third-order valence-corrected chi connectivity index (χ3v) is 2.73. The molecule has 0 bridgehead atoms. The van der Waals surface area contributed by atoms with Crippen LogP contribution in [-0.4, -0.2) is 16.7 Å². The first kappa shape index (κ1) is 12.5. The van der Waals surface area contributed by atoms with E-state index in [4.69, 9.17) is 9.47 Å². The summed E-state index contributed by atoms with van der Waals surface area (Å²) in [5.74, 6) is 2.53. The maximum absolute atomic E-state index is 5.73. The second-order valence-electron chi connectivity index (χ2n) is 4.05. The van der Waals surface area contributed by atoms with Crippen molar-refractivity contribution in [3.8, 4) is 11.5 Å². The average molecular weight is 246 g/mol. The molecule has 0 N–H and O–H groups in total. The van der Waals surface area contributed by atoms with Crippen LogP contribution in [0.1, 0.15) is 18.4 Å². The van der Waals surface area contributed by atoms with Gasteiger partial charge in [0.05, 0.1) is 12.8 Å². The summed E-state index contributed by atoms with van der Waals surface area (Å²) < 4.78 is 13.0. The van der Waals surface area contributed by atoms with Crippen molar-refractivity contribution in [3.63, 3.8) is 0 Å². The minimum Gasteiger partial charge on any atom is -0.497 e. The van der Waals surface area contributed by atoms with Crippen molar-refractivity contribution in [2.24, 2.45) is 0 Å². The van der Waals surface area contributed by atoms with E-state index in [0.717, 1.165) is 29.6 Å². The molecule has 4 nitrogen and oxygen atoms in total. The second-order valence-corrected chi connectivity index (χ2v) is 4.05. The Morgan fingerprint density at radius 2 is 2.06 bits per heavy atom. The molecule has 0 radical (unpaired) electrons. The van der Waals surface area contributed by atoms with Gasteiger partial charge in [0.25, 0.3) is 0 Å². The van der Waals surface area contributed by atoms with E-state index in [1.807, 2.05) is 37.4 Å². The Bertz CT molecular complexity index is 520. The predicted molar refractivity (Wildman–Crippen MR) is 70.0 cm³/mol. The highest BCUT2D eigenvalue weighted by Crippen LogP contribution is 2.19. The number of methoxy groups -OCH3 is 1. The Balaban J connectivity index is 2.06. The number of ether oxygens (including phenoxy) is 2. The zero-order valence-electron chi connectivity index (χ0n) is 11.0. The van der Waals surface area contributed by atoms with Crippen molar-refractivity contribution in [1.29, 1.82) is 0 Å². The summed E-state index contributed by atoms with van der Waals surface area (Å²) in [6.07, 6.45) is 2.03. The van der Waals surface area contributed by atoms with E-state index in [1.165, 1.54) is 0 Å². The lowest BCUT2D eigenvalue weighted by molar-refractivity contribution is 0.288. The van der Waals surface area contributed by atoms with Crippen LogP contribution in [0.4, 0.5) is 0 Å². The lowest BCUT2D eigenvalue weighted by Gasteiger charge is -2.08. The number of aryl methyl sites for hydroxylation is 2. The van der Waals surface area contributed by atoms with Gasteiger partial charge in [-0.1, -0.05) is 6.07 Å². The molecule has 0 spiro atoms. The summed E-state index contributed by atoms with van der Waals surface area (Å²) >= 11 is 0. The molecule has 1 aromatic heterocycles. The number of aromatic nitrogens is 2. The second kappa shape index (κ2) is 5.58. The Hall–Kier alpha value is -1.97. The van der Waals surface area contributed by atoms with Crippen LogP contribution in [0.3, 0.4) is 0 Å². The number of hydrogen-bond acceptors (Lipinski definition) is 3. The minimum absolute atomic E-state index is 0.467. The van der Waals surface area contributed by atoms with Gasteiger partial charge in [-0.2, -0.15) is 0 Å². The van der Waals surface area contributed by atoms with Crippen LogP contribution in [0.15, 0.2) is 30.5 Å². The van der Waals surface area contributed by atoms with Gasteiger partial charge in [0.2, 0.25) is 0 Å². The van der Waals surface area contributed by atoms with E-state index in [0.29, 0.717) is 6.61 Å². The maximum atomic E-state index is 5.73. The van der Waals surface area contributed by atoms with Crippen molar-refractivity contribution in [3.05, 3.63) is 42.0 Å². The smallest absolute Gasteiger partial charge is 0.147 e. The van der Waals surface area contributed by atoms with Gasteiger partial charge in [0, 0.05) is 18.8 Å². The van der Waals surface area contributed by atoms with Crippen LogP contribution in [-0.2, 0) is 13.2 Å². The monoisotopic (exact) mass is 246 g/mol. The lowest BCUT2D eigenvalue weighted by Crippen LogP contribution is -2.05. The van der Waals surface area contributed by atoms with Crippen LogP contribution in [0, 0.1) is 6.92 Å². The molecule has 0 fully saturated rings. The van der Waals surface area contributed by atoms with Crippen LogP contribution in [0.2, 0.25) is 0 Å². The molecule has 2 aromatic rings. The Morgan fingerprint density at radius 3 is 2.78 bits per heavy atom. The summed E-state index contributed by atoms with van der Waals surface area (Å²) in [5, 5.41) is 0. The summed E-state index contributed by atoms with van der Waals surface area (Å²) in [5.41, 5.74) is 1.01. The minimum atomic E-state index is 0.467. The zero-order chi connectivity index (χ0) is 13.0. The SMILES string of the molecule is CCn1cc(C)nc1COc1cccc(OC)c1. The summed E-state index contributed by atoms with van der Waals surface area (Å²) in [6.45, 7) is 5.45. The van der Waals surface area contributed by atoms with Crippen LogP contribution < -0.4 is 9.47 Å². The lowest BCUT2D eigenvalue weighted by atomic mass is 10.3. The van der Waals surface area contributed by atoms with Crippen molar-refractivity contribution >= 4 is 0 Å². The molecule has 0 aliphatic rings. The molecule has 4 heteroatoms. The van der Waals surface area contributed by atoms with Gasteiger partial charge in [-0.05, 0) is 26.0 Å². The summed E-state index contributed by atoms with van der Waals surface area (Å²) in [6, 6.07) is 7.58. The van der Waals surface area contributed by atoms with Gasteiger partial charge in [-0.3, -0.25) is 0 Å². The molecule has 1 aromatic carbocycles. The van der Waals surface area contributed by atoms with Crippen LogP contribution in [0.25, 0.3) is 0 Å². The average Bonchev–Trinajstić information content (AvgIpc) is 2.77. The maximum Gasteiger partial charge on any atom is 0.147 e.